The van der Waals surface area contributed by atoms with E-state index in [1.807, 2.05) is 12.2 Å². The van der Waals surface area contributed by atoms with Crippen molar-refractivity contribution in [1.82, 2.24) is 0 Å². The Balaban J connectivity index is 1.31. The molecule has 0 saturated carbocycles. The van der Waals surface area contributed by atoms with E-state index >= 15 is 0 Å². The first-order chi connectivity index (χ1) is 21.7. The molecule has 0 saturated heterocycles. The summed E-state index contributed by atoms with van der Waals surface area (Å²) in [6.45, 7) is 8.44. The molecule has 0 heterocycles. The molecule has 0 radical (unpaired) electrons. The Hall–Kier alpha value is -5.72. The summed E-state index contributed by atoms with van der Waals surface area (Å²) in [4.78, 5) is 0. The monoisotopic (exact) mass is 558 g/mol. The zero-order valence-corrected chi connectivity index (χ0v) is 24.4. The number of fused-ring (bicyclic) bond motifs is 5. The Kier molecular flexibility index (Phi) is 6.21. The van der Waals surface area contributed by atoms with Gasteiger partial charge in [0.2, 0.25) is 0 Å². The van der Waals surface area contributed by atoms with Gasteiger partial charge in [0.05, 0.1) is 0 Å². The van der Waals surface area contributed by atoms with Crippen LogP contribution in [0.1, 0.15) is 11.1 Å². The third-order valence-corrected chi connectivity index (χ3v) is 8.99. The lowest BCUT2D eigenvalue weighted by molar-refractivity contribution is 1.61. The summed E-state index contributed by atoms with van der Waals surface area (Å²) in [5.74, 6) is 0. The van der Waals surface area contributed by atoms with Crippen LogP contribution < -0.4 is 0 Å². The smallest absolute Gasteiger partial charge is 0.00928 e. The van der Waals surface area contributed by atoms with Gasteiger partial charge in [-0.15, -0.1) is 0 Å². The molecule has 0 spiro atoms. The van der Waals surface area contributed by atoms with Crippen LogP contribution in [-0.4, -0.2) is 0 Å². The van der Waals surface area contributed by atoms with Crippen LogP contribution in [0.2, 0.25) is 0 Å². The van der Waals surface area contributed by atoms with Crippen LogP contribution in [0.25, 0.3) is 88.6 Å². The summed E-state index contributed by atoms with van der Waals surface area (Å²) < 4.78 is 0. The Labute approximate surface area is 257 Å². The molecule has 0 N–H and O–H groups in total. The maximum Gasteiger partial charge on any atom is -0.00928 e. The first kappa shape index (κ1) is 25.9. The van der Waals surface area contributed by atoms with E-state index < -0.39 is 0 Å². The normalized spacial score (nSPS) is 11.4. The summed E-state index contributed by atoms with van der Waals surface area (Å²) >= 11 is 0. The number of hydrogen-bond acceptors (Lipinski definition) is 0. The first-order valence-electron chi connectivity index (χ1n) is 15.1. The van der Waals surface area contributed by atoms with Crippen LogP contribution in [0.4, 0.5) is 0 Å². The zero-order valence-electron chi connectivity index (χ0n) is 24.4. The van der Waals surface area contributed by atoms with Crippen molar-refractivity contribution in [3.63, 3.8) is 0 Å². The van der Waals surface area contributed by atoms with Gasteiger partial charge in [-0.05, 0) is 112 Å². The Morgan fingerprint density at radius 2 is 0.886 bits per heavy atom. The summed E-state index contributed by atoms with van der Waals surface area (Å²) in [6.07, 6.45) is 3.95. The molecule has 0 aromatic heterocycles. The second-order valence-electron chi connectivity index (χ2n) is 11.4. The number of benzene rings is 8. The van der Waals surface area contributed by atoms with Crippen LogP contribution in [-0.2, 0) is 0 Å². The van der Waals surface area contributed by atoms with Gasteiger partial charge in [-0.2, -0.15) is 0 Å². The minimum Gasteiger partial charge on any atom is -0.0984 e. The lowest BCUT2D eigenvalue weighted by Crippen LogP contribution is -1.91. The minimum atomic E-state index is 1.12. The van der Waals surface area contributed by atoms with E-state index in [0.29, 0.717) is 0 Å². The quantitative estimate of drug-likeness (QED) is 0.184. The molecule has 0 aliphatic heterocycles. The molecular weight excluding hydrogens is 528 g/mol. The predicted molar refractivity (Wildman–Crippen MR) is 193 cm³/mol. The highest BCUT2D eigenvalue weighted by atomic mass is 14.2. The standard InChI is InChI=1S/C44H30/c1-3-37-38(4-2)43-28-36(40-18-10-14-30-12-7-8-17-39(30)40)22-24-42(43)44-27-35(21-23-41(37)44)33-16-9-15-32(26-33)34-20-19-29-11-5-6-13-31(29)25-34/h3-28H,1-2H2. The predicted octanol–water partition coefficient (Wildman–Crippen LogP) is 12.6. The van der Waals surface area contributed by atoms with E-state index in [1.54, 1.807) is 0 Å². The van der Waals surface area contributed by atoms with Gasteiger partial charge in [0.25, 0.3) is 0 Å². The highest BCUT2D eigenvalue weighted by Gasteiger charge is 2.14. The van der Waals surface area contributed by atoms with E-state index in [9.17, 15) is 0 Å². The molecule has 206 valence electrons. The second kappa shape index (κ2) is 10.5. The summed E-state index contributed by atoms with van der Waals surface area (Å²) in [5, 5.41) is 9.84. The molecule has 0 atom stereocenters. The maximum absolute atomic E-state index is 4.22. The molecule has 44 heavy (non-hydrogen) atoms. The summed E-state index contributed by atoms with van der Waals surface area (Å²) in [5.41, 5.74) is 9.51. The fourth-order valence-electron chi connectivity index (χ4n) is 6.81. The van der Waals surface area contributed by atoms with Crippen LogP contribution in [0.3, 0.4) is 0 Å². The van der Waals surface area contributed by atoms with Crippen LogP contribution in [0.15, 0.2) is 159 Å². The maximum atomic E-state index is 4.22. The fraction of sp³-hybridized carbons (Fsp3) is 0. The molecule has 0 nitrogen and oxygen atoms in total. The van der Waals surface area contributed by atoms with Crippen molar-refractivity contribution in [2.75, 3.05) is 0 Å². The van der Waals surface area contributed by atoms with Gasteiger partial charge in [-0.1, -0.05) is 147 Å². The molecule has 8 aromatic carbocycles. The van der Waals surface area contributed by atoms with Gasteiger partial charge in [0.15, 0.2) is 0 Å². The molecule has 0 bridgehead atoms. The van der Waals surface area contributed by atoms with Gasteiger partial charge in [-0.25, -0.2) is 0 Å². The molecule has 8 aromatic rings. The molecule has 0 fully saturated rings. The van der Waals surface area contributed by atoms with E-state index in [2.05, 4.69) is 159 Å². The van der Waals surface area contributed by atoms with Crippen molar-refractivity contribution >= 4 is 55.2 Å². The molecular formula is C44H30. The molecule has 0 unspecified atom stereocenters. The van der Waals surface area contributed by atoms with E-state index in [0.717, 1.165) is 11.1 Å². The van der Waals surface area contributed by atoms with E-state index in [1.165, 1.54) is 76.5 Å². The Morgan fingerprint density at radius 3 is 1.70 bits per heavy atom. The Bertz CT molecular complexity index is 2420. The molecule has 0 heteroatoms. The molecule has 0 aliphatic rings. The van der Waals surface area contributed by atoms with Gasteiger partial charge in [-0.3, -0.25) is 0 Å². The van der Waals surface area contributed by atoms with Crippen molar-refractivity contribution in [2.24, 2.45) is 0 Å². The van der Waals surface area contributed by atoms with Crippen LogP contribution in [0, 0.1) is 0 Å². The van der Waals surface area contributed by atoms with Crippen molar-refractivity contribution in [1.29, 1.82) is 0 Å². The summed E-state index contributed by atoms with van der Waals surface area (Å²) in [7, 11) is 0. The van der Waals surface area contributed by atoms with Crippen molar-refractivity contribution in [3.05, 3.63) is 170 Å². The second-order valence-corrected chi connectivity index (χ2v) is 11.4. The molecule has 0 amide bonds. The van der Waals surface area contributed by atoms with E-state index in [4.69, 9.17) is 0 Å². The topological polar surface area (TPSA) is 0 Å². The molecule has 0 aliphatic carbocycles. The number of rotatable bonds is 5. The van der Waals surface area contributed by atoms with Gasteiger partial charge >= 0.3 is 0 Å². The van der Waals surface area contributed by atoms with Crippen LogP contribution in [0.5, 0.6) is 0 Å². The third kappa shape index (κ3) is 4.23. The Morgan fingerprint density at radius 1 is 0.318 bits per heavy atom. The minimum absolute atomic E-state index is 1.12. The van der Waals surface area contributed by atoms with Crippen molar-refractivity contribution < 1.29 is 0 Å². The highest BCUT2D eigenvalue weighted by Crippen LogP contribution is 2.40. The van der Waals surface area contributed by atoms with Gasteiger partial charge in [0, 0.05) is 0 Å². The lowest BCUT2D eigenvalue weighted by Gasteiger charge is -2.16. The summed E-state index contributed by atoms with van der Waals surface area (Å²) in [6, 6.07) is 52.9. The average molecular weight is 559 g/mol. The number of hydrogen-bond donors (Lipinski definition) is 0. The highest BCUT2D eigenvalue weighted by molar-refractivity contribution is 6.16. The first-order valence-corrected chi connectivity index (χ1v) is 15.1. The van der Waals surface area contributed by atoms with Crippen molar-refractivity contribution in [3.8, 4) is 33.4 Å². The SMILES string of the molecule is C=Cc1c(C=C)c2ccc(-c3cccc(-c4ccc5ccccc5c4)c3)cc2c2ccc(-c3cccc4ccccc34)cc12. The van der Waals surface area contributed by atoms with Crippen LogP contribution >= 0.6 is 0 Å². The largest absolute Gasteiger partial charge is 0.0984 e. The zero-order chi connectivity index (χ0) is 29.6. The third-order valence-electron chi connectivity index (χ3n) is 8.99. The van der Waals surface area contributed by atoms with Gasteiger partial charge < -0.3 is 0 Å². The fourth-order valence-corrected chi connectivity index (χ4v) is 6.81. The lowest BCUT2D eigenvalue weighted by atomic mass is 9.87. The van der Waals surface area contributed by atoms with E-state index in [-0.39, 0.29) is 0 Å². The van der Waals surface area contributed by atoms with Crippen molar-refractivity contribution in [2.45, 2.75) is 0 Å². The molecule has 8 rings (SSSR count). The average Bonchev–Trinajstić information content (AvgIpc) is 3.10. The van der Waals surface area contributed by atoms with Gasteiger partial charge in [0.1, 0.15) is 0 Å².